The summed E-state index contributed by atoms with van der Waals surface area (Å²) in [5.74, 6) is -0.347. The molecule has 0 saturated carbocycles. The summed E-state index contributed by atoms with van der Waals surface area (Å²) in [6.07, 6.45) is 0. The Hall–Kier alpha value is -2.15. The first-order valence-electron chi connectivity index (χ1n) is 6.34. The maximum absolute atomic E-state index is 12.2. The van der Waals surface area contributed by atoms with Crippen LogP contribution >= 0.6 is 12.2 Å². The molecule has 1 rings (SSSR count). The number of nitrogens with zero attached hydrogens (tertiary/aromatic N) is 1. The van der Waals surface area contributed by atoms with Crippen LogP contribution in [0.4, 0.5) is 0 Å². The fourth-order valence-electron chi connectivity index (χ4n) is 1.53. The molecule has 21 heavy (non-hydrogen) atoms. The molecule has 0 saturated heterocycles. The number of carbonyl (C=O) groups excluding carboxylic acids is 2. The van der Waals surface area contributed by atoms with Gasteiger partial charge in [0.2, 0.25) is 0 Å². The second-order valence-electron chi connectivity index (χ2n) is 4.12. The predicted octanol–water partition coefficient (Wildman–Crippen LogP) is 1.20. The molecule has 0 aliphatic heterocycles. The topological polar surface area (TPSA) is 67.9 Å². The first-order valence-corrected chi connectivity index (χ1v) is 6.75. The third-order valence-electron chi connectivity index (χ3n) is 2.59. The Morgan fingerprint density at radius 2 is 2.00 bits per heavy atom. The number of hydrogen-bond acceptors (Lipinski definition) is 5. The zero-order chi connectivity index (χ0) is 15.8. The van der Waals surface area contributed by atoms with Crippen LogP contribution in [0.25, 0.3) is 0 Å². The third-order valence-corrected chi connectivity index (χ3v) is 3.01. The molecule has 0 spiro atoms. The smallest absolute Gasteiger partial charge is 0.325 e. The van der Waals surface area contributed by atoms with Crippen LogP contribution in [0.2, 0.25) is 0 Å². The largest absolute Gasteiger partial charge is 0.493 e. The lowest BCUT2D eigenvalue weighted by molar-refractivity contribution is -0.140. The van der Waals surface area contributed by atoms with Crippen molar-refractivity contribution in [2.45, 2.75) is 6.92 Å². The number of rotatable bonds is 5. The van der Waals surface area contributed by atoms with Crippen molar-refractivity contribution in [3.63, 3.8) is 0 Å². The lowest BCUT2D eigenvalue weighted by Gasteiger charge is -2.19. The number of methoxy groups -OCH3 is 1. The van der Waals surface area contributed by atoms with E-state index in [-0.39, 0.29) is 17.6 Å². The number of ether oxygens (including phenoxy) is 2. The van der Waals surface area contributed by atoms with Crippen molar-refractivity contribution in [1.82, 2.24) is 10.2 Å². The van der Waals surface area contributed by atoms with E-state index in [2.05, 4.69) is 10.1 Å². The summed E-state index contributed by atoms with van der Waals surface area (Å²) < 4.78 is 9.93. The van der Waals surface area contributed by atoms with Gasteiger partial charge in [-0.25, -0.2) is 0 Å². The molecule has 114 valence electrons. The van der Waals surface area contributed by atoms with E-state index in [1.54, 1.807) is 31.3 Å². The number of likely N-dealkylation sites (N-methyl/N-ethyl adjacent to an activating group) is 1. The van der Waals surface area contributed by atoms with Gasteiger partial charge in [-0.05, 0) is 31.3 Å². The molecule has 1 aromatic carbocycles. The Bertz CT molecular complexity index is 533. The Morgan fingerprint density at radius 3 is 2.62 bits per heavy atom. The minimum absolute atomic E-state index is 0.0390. The SMILES string of the molecule is CCOc1ccccc1C(=O)NC(=S)N(C)CC(=O)OC. The number of benzene rings is 1. The maximum atomic E-state index is 12.2. The van der Waals surface area contributed by atoms with Gasteiger partial charge in [0.25, 0.3) is 5.91 Å². The molecule has 1 aromatic rings. The summed E-state index contributed by atoms with van der Waals surface area (Å²) in [6, 6.07) is 6.87. The van der Waals surface area contributed by atoms with E-state index in [0.29, 0.717) is 17.9 Å². The fraction of sp³-hybridized carbons (Fsp3) is 0.357. The summed E-state index contributed by atoms with van der Waals surface area (Å²) in [4.78, 5) is 24.8. The van der Waals surface area contributed by atoms with Crippen LogP contribution in [0.5, 0.6) is 5.75 Å². The van der Waals surface area contributed by atoms with Crippen LogP contribution in [0.3, 0.4) is 0 Å². The molecule has 0 heterocycles. The highest BCUT2D eigenvalue weighted by Crippen LogP contribution is 2.17. The summed E-state index contributed by atoms with van der Waals surface area (Å²) in [7, 11) is 2.88. The van der Waals surface area contributed by atoms with Gasteiger partial charge in [-0.3, -0.25) is 14.9 Å². The number of nitrogens with one attached hydrogen (secondary N) is 1. The van der Waals surface area contributed by atoms with E-state index in [9.17, 15) is 9.59 Å². The minimum Gasteiger partial charge on any atom is -0.493 e. The van der Waals surface area contributed by atoms with Crippen molar-refractivity contribution in [2.24, 2.45) is 0 Å². The van der Waals surface area contributed by atoms with E-state index in [0.717, 1.165) is 0 Å². The Balaban J connectivity index is 2.72. The van der Waals surface area contributed by atoms with Crippen LogP contribution in [0, 0.1) is 0 Å². The van der Waals surface area contributed by atoms with Gasteiger partial charge in [0.1, 0.15) is 12.3 Å². The number of esters is 1. The van der Waals surface area contributed by atoms with Crippen LogP contribution in [-0.4, -0.2) is 49.2 Å². The molecule has 0 aromatic heterocycles. The number of thiocarbonyl (C=S) groups is 1. The van der Waals surface area contributed by atoms with Gasteiger partial charge in [-0.15, -0.1) is 0 Å². The highest BCUT2D eigenvalue weighted by atomic mass is 32.1. The average Bonchev–Trinajstić information content (AvgIpc) is 2.47. The zero-order valence-electron chi connectivity index (χ0n) is 12.2. The van der Waals surface area contributed by atoms with Crippen LogP contribution in [0.15, 0.2) is 24.3 Å². The quantitative estimate of drug-likeness (QED) is 0.651. The summed E-state index contributed by atoms with van der Waals surface area (Å²) in [6.45, 7) is 2.25. The van der Waals surface area contributed by atoms with Crippen LogP contribution < -0.4 is 10.1 Å². The molecule has 0 fully saturated rings. The molecule has 0 unspecified atom stereocenters. The molecular weight excluding hydrogens is 292 g/mol. The normalized spacial score (nSPS) is 9.67. The minimum atomic E-state index is -0.441. The second kappa shape index (κ2) is 8.21. The van der Waals surface area contributed by atoms with Crippen molar-refractivity contribution in [1.29, 1.82) is 0 Å². The fourth-order valence-corrected chi connectivity index (χ4v) is 1.68. The standard InChI is InChI=1S/C14H18N2O4S/c1-4-20-11-8-6-5-7-10(11)13(18)15-14(21)16(2)9-12(17)19-3/h5-8H,4,9H2,1-3H3,(H,15,18,21). The number of para-hydroxylation sites is 1. The lowest BCUT2D eigenvalue weighted by Crippen LogP contribution is -2.43. The summed E-state index contributed by atoms with van der Waals surface area (Å²) in [5.41, 5.74) is 0.383. The molecule has 1 N–H and O–H groups in total. The molecule has 0 bridgehead atoms. The Kier molecular flexibility index (Phi) is 6.61. The van der Waals surface area contributed by atoms with Gasteiger partial charge in [-0.1, -0.05) is 12.1 Å². The summed E-state index contributed by atoms with van der Waals surface area (Å²) in [5, 5.41) is 2.69. The molecular formula is C14H18N2O4S. The average molecular weight is 310 g/mol. The van der Waals surface area contributed by atoms with Gasteiger partial charge in [0, 0.05) is 7.05 Å². The first-order chi connectivity index (χ1) is 9.99. The molecule has 0 radical (unpaired) electrons. The Morgan fingerprint density at radius 1 is 1.33 bits per heavy atom. The van der Waals surface area contributed by atoms with Gasteiger partial charge in [0.15, 0.2) is 5.11 Å². The molecule has 7 heteroatoms. The van der Waals surface area contributed by atoms with Crippen molar-refractivity contribution in [3.8, 4) is 5.75 Å². The van der Waals surface area contributed by atoms with Gasteiger partial charge >= 0.3 is 5.97 Å². The van der Waals surface area contributed by atoms with Crippen molar-refractivity contribution >= 4 is 29.2 Å². The monoisotopic (exact) mass is 310 g/mol. The van der Waals surface area contributed by atoms with E-state index in [4.69, 9.17) is 17.0 Å². The number of amides is 1. The van der Waals surface area contributed by atoms with Gasteiger partial charge in [-0.2, -0.15) is 0 Å². The first kappa shape index (κ1) is 16.9. The zero-order valence-corrected chi connectivity index (χ0v) is 13.0. The third kappa shape index (κ3) is 5.03. The maximum Gasteiger partial charge on any atom is 0.325 e. The highest BCUT2D eigenvalue weighted by Gasteiger charge is 2.16. The van der Waals surface area contributed by atoms with Gasteiger partial charge < -0.3 is 14.4 Å². The number of carbonyl (C=O) groups is 2. The highest BCUT2D eigenvalue weighted by molar-refractivity contribution is 7.80. The van der Waals surface area contributed by atoms with Gasteiger partial charge in [0.05, 0.1) is 19.3 Å². The molecule has 6 nitrogen and oxygen atoms in total. The molecule has 1 amide bonds. The lowest BCUT2D eigenvalue weighted by atomic mass is 10.2. The predicted molar refractivity (Wildman–Crippen MR) is 82.3 cm³/mol. The van der Waals surface area contributed by atoms with Crippen molar-refractivity contribution in [3.05, 3.63) is 29.8 Å². The van der Waals surface area contributed by atoms with Crippen LogP contribution in [0.1, 0.15) is 17.3 Å². The van der Waals surface area contributed by atoms with Crippen molar-refractivity contribution < 1.29 is 19.1 Å². The second-order valence-corrected chi connectivity index (χ2v) is 4.51. The van der Waals surface area contributed by atoms with E-state index < -0.39 is 5.97 Å². The Labute approximate surface area is 129 Å². The van der Waals surface area contributed by atoms with E-state index in [1.165, 1.54) is 12.0 Å². The molecule has 0 aliphatic rings. The van der Waals surface area contributed by atoms with Crippen LogP contribution in [-0.2, 0) is 9.53 Å². The molecule has 0 atom stereocenters. The van der Waals surface area contributed by atoms with E-state index in [1.807, 2.05) is 6.92 Å². The van der Waals surface area contributed by atoms with Crippen molar-refractivity contribution in [2.75, 3.05) is 27.3 Å². The van der Waals surface area contributed by atoms with E-state index >= 15 is 0 Å². The molecule has 0 aliphatic carbocycles. The summed E-state index contributed by atoms with van der Waals surface area (Å²) >= 11 is 5.07. The number of hydrogen-bond donors (Lipinski definition) is 1.